The highest BCUT2D eigenvalue weighted by Gasteiger charge is 2.24. The van der Waals surface area contributed by atoms with Crippen LogP contribution in [-0.2, 0) is 4.79 Å². The van der Waals surface area contributed by atoms with Crippen molar-refractivity contribution in [3.05, 3.63) is 48.4 Å². The maximum absolute atomic E-state index is 12.5. The average molecular weight is 476 g/mol. The van der Waals surface area contributed by atoms with Crippen LogP contribution in [0.4, 0.5) is 16.3 Å². The van der Waals surface area contributed by atoms with Crippen LogP contribution < -0.4 is 15.5 Å². The Kier molecular flexibility index (Phi) is 6.83. The lowest BCUT2D eigenvalue weighted by Gasteiger charge is -2.34. The van der Waals surface area contributed by atoms with Gasteiger partial charge in [-0.05, 0) is 55.4 Å². The van der Waals surface area contributed by atoms with Gasteiger partial charge in [0.15, 0.2) is 0 Å². The number of amides is 3. The summed E-state index contributed by atoms with van der Waals surface area (Å²) in [5.41, 5.74) is 2.89. The quantitative estimate of drug-likeness (QED) is 0.521. The zero-order valence-corrected chi connectivity index (χ0v) is 20.2. The third-order valence-corrected chi connectivity index (χ3v) is 7.28. The molecule has 1 aromatic carbocycles. The third-order valence-electron chi connectivity index (χ3n) is 7.28. The maximum Gasteiger partial charge on any atom is 0.319 e. The molecule has 1 atom stereocenters. The van der Waals surface area contributed by atoms with E-state index in [1.165, 1.54) is 5.56 Å². The van der Waals surface area contributed by atoms with Crippen molar-refractivity contribution in [1.29, 1.82) is 0 Å². The molecule has 4 heterocycles. The van der Waals surface area contributed by atoms with E-state index in [2.05, 4.69) is 42.6 Å². The minimum atomic E-state index is -0.183. The van der Waals surface area contributed by atoms with Gasteiger partial charge in [-0.25, -0.2) is 14.8 Å². The minimum absolute atomic E-state index is 0.130. The van der Waals surface area contributed by atoms with E-state index < -0.39 is 0 Å². The highest BCUT2D eigenvalue weighted by molar-refractivity contribution is 5.89. The van der Waals surface area contributed by atoms with Crippen molar-refractivity contribution < 1.29 is 9.59 Å². The van der Waals surface area contributed by atoms with E-state index in [9.17, 15) is 9.59 Å². The van der Waals surface area contributed by atoms with Gasteiger partial charge in [-0.1, -0.05) is 12.1 Å². The van der Waals surface area contributed by atoms with E-state index in [-0.39, 0.29) is 11.9 Å². The molecule has 9 heteroatoms. The molecule has 0 bridgehead atoms. The number of urea groups is 1. The first-order valence-corrected chi connectivity index (χ1v) is 12.5. The number of fused-ring (bicyclic) bond motifs is 1. The summed E-state index contributed by atoms with van der Waals surface area (Å²) in [4.78, 5) is 40.3. The summed E-state index contributed by atoms with van der Waals surface area (Å²) in [5.74, 6) is 1.88. The highest BCUT2D eigenvalue weighted by Crippen LogP contribution is 2.32. The smallest absolute Gasteiger partial charge is 0.319 e. The molecule has 1 unspecified atom stereocenters. The first-order valence-electron chi connectivity index (χ1n) is 12.5. The van der Waals surface area contributed by atoms with Gasteiger partial charge in [0.1, 0.15) is 17.8 Å². The highest BCUT2D eigenvalue weighted by atomic mass is 16.2. The Morgan fingerprint density at radius 3 is 2.80 bits per heavy atom. The number of carbonyl (C=O) groups excluding carboxylic acids is 2. The molecule has 5 rings (SSSR count). The average Bonchev–Trinajstić information content (AvgIpc) is 3.37. The van der Waals surface area contributed by atoms with Crippen LogP contribution in [0.15, 0.2) is 42.9 Å². The number of piperidine rings is 2. The fourth-order valence-electron chi connectivity index (χ4n) is 5.29. The van der Waals surface area contributed by atoms with Gasteiger partial charge in [-0.15, -0.1) is 0 Å². The molecule has 3 amide bonds. The third kappa shape index (κ3) is 5.39. The van der Waals surface area contributed by atoms with Crippen LogP contribution in [0.25, 0.3) is 11.0 Å². The predicted molar refractivity (Wildman–Crippen MR) is 137 cm³/mol. The molecule has 0 radical (unpaired) electrons. The number of aromatic amines is 1. The van der Waals surface area contributed by atoms with E-state index in [0.29, 0.717) is 18.4 Å². The SMILES string of the molecule is CC(=O)N1CCC(CNC(=O)Nc2cccc(C3CCCN(c4ncnc5[nH]ccc45)C3)c2)CC1. The molecule has 0 spiro atoms. The number of aromatic nitrogens is 3. The normalized spacial score (nSPS) is 19.1. The van der Waals surface area contributed by atoms with Crippen LogP contribution in [-0.4, -0.2) is 64.5 Å². The number of hydrogen-bond donors (Lipinski definition) is 3. The number of rotatable bonds is 5. The van der Waals surface area contributed by atoms with E-state index in [0.717, 1.165) is 74.4 Å². The fraction of sp³-hybridized carbons (Fsp3) is 0.462. The maximum atomic E-state index is 12.5. The van der Waals surface area contributed by atoms with Crippen molar-refractivity contribution in [3.8, 4) is 0 Å². The molecule has 2 aliphatic heterocycles. The molecule has 2 fully saturated rings. The van der Waals surface area contributed by atoms with Crippen molar-refractivity contribution >= 4 is 34.5 Å². The summed E-state index contributed by atoms with van der Waals surface area (Å²) in [6.45, 7) is 5.64. The largest absolute Gasteiger partial charge is 0.355 e. The Bertz CT molecular complexity index is 1190. The minimum Gasteiger partial charge on any atom is -0.355 e. The number of anilines is 2. The van der Waals surface area contributed by atoms with E-state index in [4.69, 9.17) is 0 Å². The van der Waals surface area contributed by atoms with Crippen molar-refractivity contribution in [1.82, 2.24) is 25.2 Å². The van der Waals surface area contributed by atoms with Crippen molar-refractivity contribution in [2.24, 2.45) is 5.92 Å². The van der Waals surface area contributed by atoms with Gasteiger partial charge in [0.2, 0.25) is 5.91 Å². The first-order chi connectivity index (χ1) is 17.1. The topological polar surface area (TPSA) is 106 Å². The van der Waals surface area contributed by atoms with Crippen molar-refractivity contribution in [2.45, 2.75) is 38.5 Å². The van der Waals surface area contributed by atoms with E-state index in [1.54, 1.807) is 13.3 Å². The van der Waals surface area contributed by atoms with Crippen LogP contribution in [0.5, 0.6) is 0 Å². The zero-order valence-electron chi connectivity index (χ0n) is 20.2. The van der Waals surface area contributed by atoms with Gasteiger partial charge in [-0.2, -0.15) is 0 Å². The molecule has 0 saturated carbocycles. The van der Waals surface area contributed by atoms with Crippen LogP contribution in [0.3, 0.4) is 0 Å². The molecule has 2 aromatic heterocycles. The molecular formula is C26H33N7O2. The Morgan fingerprint density at radius 2 is 1.97 bits per heavy atom. The zero-order chi connectivity index (χ0) is 24.2. The molecule has 3 aromatic rings. The number of H-pyrrole nitrogens is 1. The monoisotopic (exact) mass is 475 g/mol. The molecule has 2 aliphatic rings. The summed E-state index contributed by atoms with van der Waals surface area (Å²) in [6, 6.07) is 10.0. The Balaban J connectivity index is 1.17. The summed E-state index contributed by atoms with van der Waals surface area (Å²) in [5, 5.41) is 7.06. The number of hydrogen-bond acceptors (Lipinski definition) is 5. The molecule has 0 aliphatic carbocycles. The van der Waals surface area contributed by atoms with Gasteiger partial charge < -0.3 is 25.4 Å². The second-order valence-corrected chi connectivity index (χ2v) is 9.63. The summed E-state index contributed by atoms with van der Waals surface area (Å²) in [6.07, 6.45) is 7.56. The van der Waals surface area contributed by atoms with Gasteiger partial charge in [0.05, 0.1) is 5.39 Å². The van der Waals surface area contributed by atoms with Crippen molar-refractivity contribution in [2.75, 3.05) is 42.9 Å². The van der Waals surface area contributed by atoms with Crippen LogP contribution >= 0.6 is 0 Å². The van der Waals surface area contributed by atoms with Gasteiger partial charge in [0.25, 0.3) is 0 Å². The van der Waals surface area contributed by atoms with Gasteiger partial charge >= 0.3 is 6.03 Å². The predicted octanol–water partition coefficient (Wildman–Crippen LogP) is 3.72. The second-order valence-electron chi connectivity index (χ2n) is 9.63. The van der Waals surface area contributed by atoms with Crippen LogP contribution in [0, 0.1) is 5.92 Å². The number of benzene rings is 1. The Morgan fingerprint density at radius 1 is 1.11 bits per heavy atom. The summed E-state index contributed by atoms with van der Waals surface area (Å²) in [7, 11) is 0. The summed E-state index contributed by atoms with van der Waals surface area (Å²) < 4.78 is 0. The van der Waals surface area contributed by atoms with Crippen molar-refractivity contribution in [3.63, 3.8) is 0 Å². The van der Waals surface area contributed by atoms with Crippen LogP contribution in [0.2, 0.25) is 0 Å². The fourth-order valence-corrected chi connectivity index (χ4v) is 5.29. The van der Waals surface area contributed by atoms with Crippen LogP contribution in [0.1, 0.15) is 44.1 Å². The van der Waals surface area contributed by atoms with Gasteiger partial charge in [-0.3, -0.25) is 4.79 Å². The number of carbonyl (C=O) groups is 2. The second kappa shape index (κ2) is 10.3. The Labute approximate surface area is 205 Å². The number of nitrogens with zero attached hydrogens (tertiary/aromatic N) is 4. The first kappa shape index (κ1) is 23.1. The van der Waals surface area contributed by atoms with E-state index >= 15 is 0 Å². The molecule has 35 heavy (non-hydrogen) atoms. The van der Waals surface area contributed by atoms with E-state index in [1.807, 2.05) is 29.3 Å². The molecule has 3 N–H and O–H groups in total. The lowest BCUT2D eigenvalue weighted by molar-refractivity contribution is -0.130. The summed E-state index contributed by atoms with van der Waals surface area (Å²) >= 11 is 0. The number of likely N-dealkylation sites (tertiary alicyclic amines) is 1. The Hall–Kier alpha value is -3.62. The van der Waals surface area contributed by atoms with Gasteiger partial charge in [0, 0.05) is 57.4 Å². The lowest BCUT2D eigenvalue weighted by atomic mass is 9.90. The molecule has 2 saturated heterocycles. The standard InChI is InChI=1S/C26H33N7O2/c1-18(34)32-12-8-19(9-13-32)15-28-26(35)31-22-6-2-4-20(14-22)21-5-3-11-33(16-21)25-23-7-10-27-24(23)29-17-30-25/h2,4,6-7,10,14,17,19,21H,3,5,8-9,11-13,15-16H2,1H3,(H,27,29,30)(H2,28,31,35). The lowest BCUT2D eigenvalue weighted by Crippen LogP contribution is -2.41. The molecule has 9 nitrogen and oxygen atoms in total. The molecule has 184 valence electrons. The molecular weight excluding hydrogens is 442 g/mol. The number of nitrogens with one attached hydrogen (secondary N) is 3.